The molecule has 0 unspecified atom stereocenters. The second-order valence-electron chi connectivity index (χ2n) is 7.61. The van der Waals surface area contributed by atoms with Crippen LogP contribution in [0.4, 0.5) is 0 Å². The molecule has 0 N–H and O–H groups in total. The van der Waals surface area contributed by atoms with Crippen molar-refractivity contribution in [2.45, 2.75) is 39.3 Å². The van der Waals surface area contributed by atoms with E-state index < -0.39 is 0 Å². The van der Waals surface area contributed by atoms with Crippen LogP contribution < -0.4 is 12.4 Å². The van der Waals surface area contributed by atoms with Crippen LogP contribution in [0, 0.1) is 6.92 Å². The van der Waals surface area contributed by atoms with Crippen molar-refractivity contribution in [3.05, 3.63) is 95.6 Å². The number of benzene rings is 2. The van der Waals surface area contributed by atoms with Crippen LogP contribution in [0.5, 0.6) is 0 Å². The molecule has 0 heterocycles. The van der Waals surface area contributed by atoms with Gasteiger partial charge in [0.25, 0.3) is 0 Å². The molecule has 0 saturated carbocycles. The van der Waals surface area contributed by atoms with Gasteiger partial charge >= 0.3 is 41.9 Å². The zero-order valence-corrected chi connectivity index (χ0v) is 21.7. The Morgan fingerprint density at radius 2 is 1.59 bits per heavy atom. The predicted molar refractivity (Wildman–Crippen MR) is 121 cm³/mol. The zero-order valence-electron chi connectivity index (χ0n) is 17.5. The first-order valence-electron chi connectivity index (χ1n) is 10.0. The molecule has 0 atom stereocenters. The van der Waals surface area contributed by atoms with Crippen LogP contribution in [-0.2, 0) is 36.2 Å². The van der Waals surface area contributed by atoms with Gasteiger partial charge < -0.3 is 12.4 Å². The smallest absolute Gasteiger partial charge is 0.0276 e. The summed E-state index contributed by atoms with van der Waals surface area (Å²) in [5.41, 5.74) is 7.59. The van der Waals surface area contributed by atoms with Crippen LogP contribution in [0.1, 0.15) is 23.1 Å². The third kappa shape index (κ3) is 6.64. The molecule has 0 radical (unpaired) electrons. The van der Waals surface area contributed by atoms with Crippen LogP contribution in [-0.4, -0.2) is 5.43 Å². The van der Waals surface area contributed by atoms with Gasteiger partial charge in [-0.05, 0) is 24.8 Å². The van der Waals surface area contributed by atoms with Gasteiger partial charge in [0.1, 0.15) is 0 Å². The Hall–Kier alpha value is -1.21. The van der Waals surface area contributed by atoms with E-state index in [9.17, 15) is 0 Å². The van der Waals surface area contributed by atoms with E-state index in [4.69, 9.17) is 0 Å². The molecule has 0 bridgehead atoms. The molecular weight excluding hydrogens is 467 g/mol. The Balaban J connectivity index is 0.000000253. The van der Waals surface area contributed by atoms with Crippen molar-refractivity contribution in [3.63, 3.8) is 0 Å². The summed E-state index contributed by atoms with van der Waals surface area (Å²) in [5.74, 6) is 0. The van der Waals surface area contributed by atoms with Crippen LogP contribution in [0.3, 0.4) is 0 Å². The Kier molecular flexibility index (Phi) is 9.83. The Bertz CT molecular complexity index is 1010. The third-order valence-corrected chi connectivity index (χ3v) is 4.85. The quantitative estimate of drug-likeness (QED) is 0.274. The molecule has 4 aromatic rings. The van der Waals surface area contributed by atoms with Crippen LogP contribution in [0.15, 0.2) is 78.9 Å². The second-order valence-corrected chi connectivity index (χ2v) is 17.0. The zero-order chi connectivity index (χ0) is 19.9. The second kappa shape index (κ2) is 11.8. The first-order chi connectivity index (χ1) is 13.6. The molecule has 0 nitrogen and oxygen atoms in total. The van der Waals surface area contributed by atoms with E-state index >= 15 is 0 Å². The Morgan fingerprint density at radius 1 is 0.931 bits per heavy atom. The molecule has 5 rings (SSSR count). The molecule has 0 amide bonds. The number of rotatable bonds is 1. The van der Waals surface area contributed by atoms with Gasteiger partial charge in [-0.1, -0.05) is 53.9 Å². The maximum atomic E-state index is 2.41. The van der Waals surface area contributed by atoms with E-state index in [2.05, 4.69) is 68.5 Å². The predicted octanol–water partition coefficient (Wildman–Crippen LogP) is 4.22. The normalized spacial score (nSPS) is 11.4. The first kappa shape index (κ1) is 24.1. The van der Waals surface area contributed by atoms with Crippen molar-refractivity contribution in [2.24, 2.45) is 0 Å². The fraction of sp³-hybridized carbons (Fsp3) is 0.231. The van der Waals surface area contributed by atoms with Crippen molar-refractivity contribution in [3.8, 4) is 11.1 Å². The maximum absolute atomic E-state index is 2.41. The molecular formula is C26H28ClSiZr-3. The van der Waals surface area contributed by atoms with Gasteiger partial charge in [-0.2, -0.15) is 24.3 Å². The van der Waals surface area contributed by atoms with Gasteiger partial charge in [0.2, 0.25) is 0 Å². The molecule has 4 aromatic carbocycles. The molecule has 0 aromatic heterocycles. The summed E-state index contributed by atoms with van der Waals surface area (Å²) < 4.78 is 0. The summed E-state index contributed by atoms with van der Waals surface area (Å²) in [6.07, 6.45) is 3.79. The number of fused-ring (bicyclic) bond motifs is 2. The topological polar surface area (TPSA) is 0 Å². The van der Waals surface area contributed by atoms with Crippen molar-refractivity contribution in [1.29, 1.82) is 0 Å². The van der Waals surface area contributed by atoms with Crippen molar-refractivity contribution >= 4 is 16.2 Å². The van der Waals surface area contributed by atoms with Crippen molar-refractivity contribution in [2.75, 3.05) is 0 Å². The third-order valence-electron chi connectivity index (χ3n) is 4.85. The number of hydrogen-bond donors (Lipinski definition) is 0. The van der Waals surface area contributed by atoms with Crippen molar-refractivity contribution in [1.82, 2.24) is 0 Å². The number of aryl methyl sites for hydroxylation is 2. The summed E-state index contributed by atoms with van der Waals surface area (Å²) in [5, 5.41) is 2.85. The van der Waals surface area contributed by atoms with Crippen LogP contribution in [0.25, 0.3) is 21.9 Å². The molecule has 0 spiro atoms. The minimum absolute atomic E-state index is 0. The summed E-state index contributed by atoms with van der Waals surface area (Å²) >= 11 is 1.74. The Morgan fingerprint density at radius 3 is 2.17 bits per heavy atom. The van der Waals surface area contributed by atoms with E-state index in [0.29, 0.717) is 0 Å². The molecule has 3 heteroatoms. The number of halogens is 1. The van der Waals surface area contributed by atoms with Gasteiger partial charge in [-0.15, -0.1) is 28.5 Å². The average molecular weight is 495 g/mol. The van der Waals surface area contributed by atoms with Crippen LogP contribution >= 0.6 is 0 Å². The minimum atomic E-state index is 0. The van der Waals surface area contributed by atoms with E-state index in [0.717, 1.165) is 0 Å². The number of hydrogen-bond acceptors (Lipinski definition) is 0. The van der Waals surface area contributed by atoms with Gasteiger partial charge in [-0.25, -0.2) is 12.1 Å². The molecule has 1 aliphatic carbocycles. The molecule has 0 aliphatic heterocycles. The molecule has 150 valence electrons. The molecule has 29 heavy (non-hydrogen) atoms. The van der Waals surface area contributed by atoms with Gasteiger partial charge in [0.05, 0.1) is 0 Å². The first-order valence-corrected chi connectivity index (χ1v) is 16.2. The van der Waals surface area contributed by atoms with Gasteiger partial charge in [0, 0.05) is 0 Å². The van der Waals surface area contributed by atoms with E-state index in [-0.39, 0.29) is 17.8 Å². The molecule has 1 aliphatic rings. The van der Waals surface area contributed by atoms with E-state index in [1.165, 1.54) is 46.7 Å². The summed E-state index contributed by atoms with van der Waals surface area (Å²) in [6, 6.07) is 28.0. The maximum Gasteiger partial charge on any atom is -0.0276 e. The standard InChI is InChI=1S/C19H17.C5H5.C2H6Si.ClH.Zr/c1-13-10-16-12-15-8-5-9-17(15)19(18(16)11-13)14-6-3-2-4-7-14;1-2-4-5-3-1;1-3-2;;/h2-4,6-7,10-12H,5,8-9H2,1H3;1-5H;1-2H3;1H;/q2*-1;;;/p-1. The van der Waals surface area contributed by atoms with Gasteiger partial charge in [0.15, 0.2) is 0 Å². The monoisotopic (exact) mass is 493 g/mol. The molecule has 0 saturated heterocycles. The SMILES string of the molecule is C[Si](C)=[Zr].Cc1cc2c(-c3ccccc3)c3c(cc2[cH-]1)CCC3.[Cl-].c1cc[cH-]c1. The van der Waals surface area contributed by atoms with Crippen LogP contribution in [0.2, 0.25) is 13.1 Å². The fourth-order valence-electron chi connectivity index (χ4n) is 3.83. The summed E-state index contributed by atoms with van der Waals surface area (Å²) in [6.45, 7) is 6.81. The van der Waals surface area contributed by atoms with E-state index in [1.54, 1.807) is 34.5 Å². The van der Waals surface area contributed by atoms with Gasteiger partial charge in [-0.3, -0.25) is 0 Å². The fourth-order valence-corrected chi connectivity index (χ4v) is 3.83. The van der Waals surface area contributed by atoms with E-state index in [1.807, 2.05) is 30.3 Å². The molecule has 0 fully saturated rings. The summed E-state index contributed by atoms with van der Waals surface area (Å²) in [4.78, 5) is 0. The largest absolute Gasteiger partial charge is 1.00 e. The average Bonchev–Trinajstić information content (AvgIpc) is 3.41. The minimum Gasteiger partial charge on any atom is -1.00 e. The van der Waals surface area contributed by atoms with Crippen molar-refractivity contribution < 1.29 is 35.7 Å². The Labute approximate surface area is 196 Å². The summed E-state index contributed by atoms with van der Waals surface area (Å²) in [7, 11) is 0.